The van der Waals surface area contributed by atoms with Gasteiger partial charge < -0.3 is 4.42 Å². The molecule has 0 radical (unpaired) electrons. The van der Waals surface area contributed by atoms with Gasteiger partial charge in [-0.2, -0.15) is 0 Å². The number of fused-ring (bicyclic) bond motifs is 1. The summed E-state index contributed by atoms with van der Waals surface area (Å²) >= 11 is 1.88. The molecular formula is C14H18N2OS. The molecule has 0 spiro atoms. The van der Waals surface area contributed by atoms with E-state index in [0.717, 1.165) is 6.42 Å². The normalized spacial score (nSPS) is 20.6. The van der Waals surface area contributed by atoms with E-state index >= 15 is 0 Å². The smallest absolute Gasteiger partial charge is 0.0935 e. The quantitative estimate of drug-likeness (QED) is 0.658. The molecule has 2 aromatic heterocycles. The summed E-state index contributed by atoms with van der Waals surface area (Å²) in [4.78, 5) is 1.54. The van der Waals surface area contributed by atoms with Crippen LogP contribution >= 0.6 is 11.3 Å². The van der Waals surface area contributed by atoms with Crippen molar-refractivity contribution in [3.8, 4) is 0 Å². The van der Waals surface area contributed by atoms with Crippen LogP contribution in [0.25, 0.3) is 0 Å². The number of furan rings is 1. The van der Waals surface area contributed by atoms with Gasteiger partial charge in [-0.3, -0.25) is 11.3 Å². The minimum Gasteiger partial charge on any atom is -0.472 e. The van der Waals surface area contributed by atoms with Crippen molar-refractivity contribution in [3.63, 3.8) is 0 Å². The first-order valence-electron chi connectivity index (χ1n) is 6.42. The minimum atomic E-state index is 0.288. The Hall–Kier alpha value is -1.10. The molecule has 2 heterocycles. The molecule has 1 aliphatic rings. The van der Waals surface area contributed by atoms with Crippen LogP contribution in [-0.2, 0) is 12.8 Å². The first-order valence-corrected chi connectivity index (χ1v) is 7.30. The second-order valence-electron chi connectivity index (χ2n) is 4.91. The van der Waals surface area contributed by atoms with Gasteiger partial charge in [0.05, 0.1) is 12.5 Å². The molecule has 2 unspecified atom stereocenters. The van der Waals surface area contributed by atoms with Crippen LogP contribution in [0.4, 0.5) is 0 Å². The number of rotatable bonds is 4. The Labute approximate surface area is 111 Å². The average Bonchev–Trinajstić information content (AvgIpc) is 3.06. The maximum Gasteiger partial charge on any atom is 0.0935 e. The molecule has 3 N–H and O–H groups in total. The molecule has 2 atom stereocenters. The van der Waals surface area contributed by atoms with Crippen LogP contribution in [0.2, 0.25) is 0 Å². The van der Waals surface area contributed by atoms with E-state index < -0.39 is 0 Å². The van der Waals surface area contributed by atoms with Crippen molar-refractivity contribution in [2.24, 2.45) is 5.84 Å². The van der Waals surface area contributed by atoms with E-state index in [0.29, 0.717) is 5.92 Å². The molecule has 2 aromatic rings. The van der Waals surface area contributed by atoms with E-state index in [1.165, 1.54) is 30.4 Å². The number of hydrogen-bond acceptors (Lipinski definition) is 4. The Bertz CT molecular complexity index is 492. The van der Waals surface area contributed by atoms with Crippen molar-refractivity contribution in [1.29, 1.82) is 0 Å². The largest absolute Gasteiger partial charge is 0.472 e. The fraction of sp³-hybridized carbons (Fsp3) is 0.429. The van der Waals surface area contributed by atoms with Crippen LogP contribution < -0.4 is 11.3 Å². The van der Waals surface area contributed by atoms with Crippen LogP contribution in [0.15, 0.2) is 34.5 Å². The fourth-order valence-electron chi connectivity index (χ4n) is 2.92. The molecule has 0 aromatic carbocycles. The summed E-state index contributed by atoms with van der Waals surface area (Å²) in [6, 6.07) is 4.57. The molecule has 0 bridgehead atoms. The highest BCUT2D eigenvalue weighted by atomic mass is 32.1. The Morgan fingerprint density at radius 3 is 3.22 bits per heavy atom. The van der Waals surface area contributed by atoms with Crippen LogP contribution in [0.5, 0.6) is 0 Å². The zero-order valence-electron chi connectivity index (χ0n) is 10.3. The molecule has 4 heteroatoms. The summed E-state index contributed by atoms with van der Waals surface area (Å²) in [5.41, 5.74) is 5.71. The number of nitrogens with one attached hydrogen (secondary N) is 1. The standard InChI is InChI=1S/C14H18N2OS/c15-16-13(8-10-4-6-17-9-10)11-2-1-3-14-12(11)5-7-18-14/h4-7,9,11,13,16H,1-3,8,15H2. The van der Waals surface area contributed by atoms with Gasteiger partial charge in [-0.1, -0.05) is 0 Å². The fourth-order valence-corrected chi connectivity index (χ4v) is 3.92. The van der Waals surface area contributed by atoms with Gasteiger partial charge in [-0.25, -0.2) is 0 Å². The number of nitrogens with two attached hydrogens (primary N) is 1. The lowest BCUT2D eigenvalue weighted by atomic mass is 9.81. The van der Waals surface area contributed by atoms with Gasteiger partial charge >= 0.3 is 0 Å². The lowest BCUT2D eigenvalue weighted by molar-refractivity contribution is 0.396. The van der Waals surface area contributed by atoms with Crippen molar-refractivity contribution in [2.45, 2.75) is 37.6 Å². The summed E-state index contributed by atoms with van der Waals surface area (Å²) in [5.74, 6) is 6.30. The third kappa shape index (κ3) is 2.23. The van der Waals surface area contributed by atoms with Gasteiger partial charge in [-0.05, 0) is 54.3 Å². The molecule has 0 amide bonds. The Balaban J connectivity index is 1.81. The molecular weight excluding hydrogens is 244 g/mol. The second kappa shape index (κ2) is 5.26. The molecule has 3 nitrogen and oxygen atoms in total. The van der Waals surface area contributed by atoms with Crippen LogP contribution in [-0.4, -0.2) is 6.04 Å². The molecule has 0 aliphatic heterocycles. The predicted molar refractivity (Wildman–Crippen MR) is 73.5 cm³/mol. The van der Waals surface area contributed by atoms with E-state index in [4.69, 9.17) is 10.3 Å². The van der Waals surface area contributed by atoms with Gasteiger partial charge in [0.2, 0.25) is 0 Å². The molecule has 3 rings (SSSR count). The van der Waals surface area contributed by atoms with E-state index in [9.17, 15) is 0 Å². The van der Waals surface area contributed by atoms with Crippen LogP contribution in [0.3, 0.4) is 0 Å². The lowest BCUT2D eigenvalue weighted by Gasteiger charge is -2.30. The highest BCUT2D eigenvalue weighted by molar-refractivity contribution is 7.10. The van der Waals surface area contributed by atoms with Crippen molar-refractivity contribution in [1.82, 2.24) is 5.43 Å². The summed E-state index contributed by atoms with van der Waals surface area (Å²) in [5, 5.41) is 2.20. The van der Waals surface area contributed by atoms with Crippen LogP contribution in [0, 0.1) is 0 Å². The topological polar surface area (TPSA) is 51.2 Å². The molecule has 18 heavy (non-hydrogen) atoms. The monoisotopic (exact) mass is 262 g/mol. The average molecular weight is 262 g/mol. The molecule has 0 fully saturated rings. The zero-order chi connectivity index (χ0) is 12.4. The van der Waals surface area contributed by atoms with Gasteiger partial charge in [0.25, 0.3) is 0 Å². The zero-order valence-corrected chi connectivity index (χ0v) is 11.1. The first-order chi connectivity index (χ1) is 8.88. The number of aryl methyl sites for hydroxylation is 1. The van der Waals surface area contributed by atoms with Crippen molar-refractivity contribution in [3.05, 3.63) is 46.0 Å². The van der Waals surface area contributed by atoms with E-state index in [2.05, 4.69) is 16.9 Å². The Morgan fingerprint density at radius 1 is 1.50 bits per heavy atom. The van der Waals surface area contributed by atoms with Gasteiger partial charge in [0, 0.05) is 16.8 Å². The van der Waals surface area contributed by atoms with Gasteiger partial charge in [0.1, 0.15) is 0 Å². The maximum absolute atomic E-state index is 5.77. The van der Waals surface area contributed by atoms with E-state index in [1.54, 1.807) is 11.1 Å². The van der Waals surface area contributed by atoms with Gasteiger partial charge in [0.15, 0.2) is 0 Å². The molecule has 96 valence electrons. The first kappa shape index (κ1) is 12.0. The van der Waals surface area contributed by atoms with Crippen molar-refractivity contribution >= 4 is 11.3 Å². The number of thiophene rings is 1. The molecule has 0 saturated heterocycles. The minimum absolute atomic E-state index is 0.288. The van der Waals surface area contributed by atoms with E-state index in [-0.39, 0.29) is 6.04 Å². The maximum atomic E-state index is 5.77. The SMILES string of the molecule is NNC(Cc1ccoc1)C1CCCc2sccc21. The summed E-state index contributed by atoms with van der Waals surface area (Å²) in [7, 11) is 0. The molecule has 1 aliphatic carbocycles. The van der Waals surface area contributed by atoms with Crippen molar-refractivity contribution < 1.29 is 4.42 Å². The second-order valence-corrected chi connectivity index (χ2v) is 5.91. The number of hydrazine groups is 1. The summed E-state index contributed by atoms with van der Waals surface area (Å²) in [6.07, 6.45) is 8.17. The summed E-state index contributed by atoms with van der Waals surface area (Å²) < 4.78 is 5.14. The number of hydrogen-bond donors (Lipinski definition) is 2. The Kier molecular flexibility index (Phi) is 3.50. The predicted octanol–water partition coefficient (Wildman–Crippen LogP) is 2.84. The van der Waals surface area contributed by atoms with Gasteiger partial charge in [-0.15, -0.1) is 11.3 Å². The lowest BCUT2D eigenvalue weighted by Crippen LogP contribution is -2.42. The third-order valence-electron chi connectivity index (χ3n) is 3.83. The summed E-state index contributed by atoms with van der Waals surface area (Å²) in [6.45, 7) is 0. The van der Waals surface area contributed by atoms with Crippen molar-refractivity contribution in [2.75, 3.05) is 0 Å². The highest BCUT2D eigenvalue weighted by Gasteiger charge is 2.28. The Morgan fingerprint density at radius 2 is 2.44 bits per heavy atom. The highest BCUT2D eigenvalue weighted by Crippen LogP contribution is 2.37. The van der Waals surface area contributed by atoms with E-state index in [1.807, 2.05) is 23.7 Å². The van der Waals surface area contributed by atoms with Crippen LogP contribution in [0.1, 0.15) is 34.8 Å². The third-order valence-corrected chi connectivity index (χ3v) is 4.83. The molecule has 0 saturated carbocycles.